The topological polar surface area (TPSA) is 45.1 Å². The Morgan fingerprint density at radius 1 is 1.08 bits per heavy atom. The van der Waals surface area contributed by atoms with E-state index in [1.165, 1.54) is 12.1 Å². The second-order valence-electron chi connectivity index (χ2n) is 5.76. The van der Waals surface area contributed by atoms with E-state index in [2.05, 4.69) is 0 Å². The summed E-state index contributed by atoms with van der Waals surface area (Å²) in [6, 6.07) is 18.1. The normalized spacial score (nSPS) is 10.8. The number of aliphatic carboxylic acids is 1. The molecule has 0 amide bonds. The first-order valence-electron chi connectivity index (χ1n) is 7.78. The van der Waals surface area contributed by atoms with Crippen LogP contribution in [0.15, 0.2) is 60.7 Å². The molecule has 0 fully saturated rings. The summed E-state index contributed by atoms with van der Waals surface area (Å²) in [6.45, 7) is 2.01. The van der Waals surface area contributed by atoms with Crippen molar-refractivity contribution >= 4 is 5.97 Å². The Balaban J connectivity index is 2.12. The lowest BCUT2D eigenvalue weighted by Gasteiger charge is -2.15. The van der Waals surface area contributed by atoms with Crippen LogP contribution in [0.5, 0.6) is 0 Å². The molecule has 0 saturated carbocycles. The number of nitrogens with zero attached hydrogens (tertiary/aromatic N) is 1. The van der Waals surface area contributed by atoms with Gasteiger partial charge < -0.3 is 14.5 Å². The summed E-state index contributed by atoms with van der Waals surface area (Å²) in [5.74, 6) is -1.36. The number of aromatic nitrogens is 1. The molecule has 0 aliphatic heterocycles. The molecular formula is C20H17FNO2-. The molecule has 0 N–H and O–H groups in total. The Bertz CT molecular complexity index is 866. The monoisotopic (exact) mass is 322 g/mol. The predicted octanol–water partition coefficient (Wildman–Crippen LogP) is 3.27. The molecule has 2 aromatic carbocycles. The average molecular weight is 322 g/mol. The van der Waals surface area contributed by atoms with E-state index in [1.807, 2.05) is 47.9 Å². The van der Waals surface area contributed by atoms with Gasteiger partial charge in [0.2, 0.25) is 0 Å². The molecule has 4 heteroatoms. The highest BCUT2D eigenvalue weighted by Crippen LogP contribution is 2.28. The largest absolute Gasteiger partial charge is 0.550 e. The summed E-state index contributed by atoms with van der Waals surface area (Å²) < 4.78 is 15.2. The lowest BCUT2D eigenvalue weighted by atomic mass is 10.1. The molecule has 122 valence electrons. The van der Waals surface area contributed by atoms with Crippen molar-refractivity contribution in [2.75, 3.05) is 0 Å². The number of aryl methyl sites for hydroxylation is 2. The zero-order valence-electron chi connectivity index (χ0n) is 13.3. The van der Waals surface area contributed by atoms with Crippen molar-refractivity contribution in [3.05, 3.63) is 77.7 Å². The number of carboxylic acids is 1. The van der Waals surface area contributed by atoms with Gasteiger partial charge in [0.1, 0.15) is 5.82 Å². The zero-order valence-corrected chi connectivity index (χ0v) is 13.3. The van der Waals surface area contributed by atoms with Crippen LogP contribution in [0.25, 0.3) is 16.9 Å². The molecule has 24 heavy (non-hydrogen) atoms. The van der Waals surface area contributed by atoms with E-state index in [4.69, 9.17) is 0 Å². The van der Waals surface area contributed by atoms with Crippen molar-refractivity contribution in [1.82, 2.24) is 4.57 Å². The highest BCUT2D eigenvalue weighted by molar-refractivity contribution is 5.66. The maximum Gasteiger partial charge on any atom is 0.123 e. The number of carboxylic acid groups (broad SMARTS) is 1. The molecule has 0 aliphatic carbocycles. The number of carbonyl (C=O) groups is 1. The third-order valence-electron chi connectivity index (χ3n) is 3.95. The zero-order chi connectivity index (χ0) is 17.1. The van der Waals surface area contributed by atoms with E-state index in [0.29, 0.717) is 6.42 Å². The summed E-state index contributed by atoms with van der Waals surface area (Å²) in [5, 5.41) is 10.8. The first-order chi connectivity index (χ1) is 11.5. The number of hydrogen-bond donors (Lipinski definition) is 0. The number of benzene rings is 2. The fraction of sp³-hybridized carbons (Fsp3) is 0.150. The molecule has 3 nitrogen and oxygen atoms in total. The van der Waals surface area contributed by atoms with Crippen molar-refractivity contribution in [3.8, 4) is 16.9 Å². The number of hydrogen-bond acceptors (Lipinski definition) is 2. The fourth-order valence-electron chi connectivity index (χ4n) is 2.82. The Hall–Kier alpha value is -2.88. The van der Waals surface area contributed by atoms with Crippen molar-refractivity contribution in [2.45, 2.75) is 19.8 Å². The van der Waals surface area contributed by atoms with Crippen molar-refractivity contribution in [2.24, 2.45) is 0 Å². The Kier molecular flexibility index (Phi) is 4.47. The number of carbonyl (C=O) groups excluding carboxylic acids is 1. The molecule has 0 spiro atoms. The third kappa shape index (κ3) is 3.38. The quantitative estimate of drug-likeness (QED) is 0.723. The van der Waals surface area contributed by atoms with Gasteiger partial charge in [0.15, 0.2) is 0 Å². The highest BCUT2D eigenvalue weighted by atomic mass is 19.1. The second-order valence-corrected chi connectivity index (χ2v) is 5.76. The molecular weight excluding hydrogens is 305 g/mol. The van der Waals surface area contributed by atoms with Gasteiger partial charge in [-0.15, -0.1) is 0 Å². The van der Waals surface area contributed by atoms with Crippen LogP contribution in [0.1, 0.15) is 17.7 Å². The van der Waals surface area contributed by atoms with Gasteiger partial charge in [0, 0.05) is 17.4 Å². The Morgan fingerprint density at radius 3 is 2.50 bits per heavy atom. The van der Waals surface area contributed by atoms with Gasteiger partial charge in [-0.2, -0.15) is 0 Å². The van der Waals surface area contributed by atoms with E-state index in [0.717, 1.165) is 28.2 Å². The van der Waals surface area contributed by atoms with Crippen molar-refractivity contribution in [3.63, 3.8) is 0 Å². The van der Waals surface area contributed by atoms with Crippen LogP contribution in [-0.4, -0.2) is 10.5 Å². The minimum atomic E-state index is -1.07. The number of rotatable bonds is 5. The van der Waals surface area contributed by atoms with E-state index in [1.54, 1.807) is 12.1 Å². The van der Waals surface area contributed by atoms with Gasteiger partial charge >= 0.3 is 0 Å². The Morgan fingerprint density at radius 2 is 1.83 bits per heavy atom. The molecule has 3 aromatic rings. The average Bonchev–Trinajstić information content (AvgIpc) is 2.97. The smallest absolute Gasteiger partial charge is 0.123 e. The molecule has 0 unspecified atom stereocenters. The highest BCUT2D eigenvalue weighted by Gasteiger charge is 2.12. The molecule has 3 rings (SSSR count). The van der Waals surface area contributed by atoms with Gasteiger partial charge in [-0.1, -0.05) is 12.1 Å². The minimum absolute atomic E-state index is 0.0430. The molecule has 1 aromatic heterocycles. The van der Waals surface area contributed by atoms with Crippen LogP contribution in [0.3, 0.4) is 0 Å². The van der Waals surface area contributed by atoms with Crippen LogP contribution in [0.4, 0.5) is 4.39 Å². The fourth-order valence-corrected chi connectivity index (χ4v) is 2.82. The summed E-state index contributed by atoms with van der Waals surface area (Å²) in [5.41, 5.74) is 4.71. The summed E-state index contributed by atoms with van der Waals surface area (Å²) in [7, 11) is 0. The SMILES string of the molecule is Cc1cccc(-n2c(CCC(=O)[O-])ccc2-c2ccc(F)cc2)c1. The van der Waals surface area contributed by atoms with Gasteiger partial charge in [-0.25, -0.2) is 4.39 Å². The predicted molar refractivity (Wildman–Crippen MR) is 89.2 cm³/mol. The molecule has 0 radical (unpaired) electrons. The maximum absolute atomic E-state index is 13.2. The van der Waals surface area contributed by atoms with Crippen LogP contribution >= 0.6 is 0 Å². The first kappa shape index (κ1) is 16.0. The van der Waals surface area contributed by atoms with Crippen molar-refractivity contribution < 1.29 is 14.3 Å². The lowest BCUT2D eigenvalue weighted by molar-refractivity contribution is -0.305. The van der Waals surface area contributed by atoms with Gasteiger partial charge in [0.05, 0.1) is 5.69 Å². The van der Waals surface area contributed by atoms with Gasteiger partial charge in [0.25, 0.3) is 0 Å². The van der Waals surface area contributed by atoms with E-state index in [9.17, 15) is 14.3 Å². The lowest BCUT2D eigenvalue weighted by Crippen LogP contribution is -2.22. The molecule has 0 bridgehead atoms. The number of halogens is 1. The molecule has 1 heterocycles. The first-order valence-corrected chi connectivity index (χ1v) is 7.78. The van der Waals surface area contributed by atoms with Crippen LogP contribution in [0.2, 0.25) is 0 Å². The van der Waals surface area contributed by atoms with Crippen LogP contribution < -0.4 is 5.11 Å². The van der Waals surface area contributed by atoms with E-state index < -0.39 is 5.97 Å². The minimum Gasteiger partial charge on any atom is -0.550 e. The van der Waals surface area contributed by atoms with E-state index >= 15 is 0 Å². The summed E-state index contributed by atoms with van der Waals surface area (Å²) in [4.78, 5) is 10.8. The van der Waals surface area contributed by atoms with Gasteiger partial charge in [-0.05, 0) is 79.4 Å². The summed E-state index contributed by atoms with van der Waals surface area (Å²) >= 11 is 0. The standard InChI is InChI=1S/C20H18FNO2/c1-14-3-2-4-18(13-14)22-17(10-12-20(23)24)9-11-19(22)15-5-7-16(21)8-6-15/h2-9,11,13H,10,12H2,1H3,(H,23,24)/p-1. The second kappa shape index (κ2) is 6.71. The van der Waals surface area contributed by atoms with Crippen LogP contribution in [0, 0.1) is 12.7 Å². The summed E-state index contributed by atoms with van der Waals surface area (Å²) in [6.07, 6.45) is 0.330. The van der Waals surface area contributed by atoms with Crippen molar-refractivity contribution in [1.29, 1.82) is 0 Å². The maximum atomic E-state index is 13.2. The molecule has 0 atom stereocenters. The Labute approximate surface area is 140 Å². The van der Waals surface area contributed by atoms with E-state index in [-0.39, 0.29) is 12.2 Å². The molecule has 0 aliphatic rings. The molecule has 0 saturated heterocycles. The third-order valence-corrected chi connectivity index (χ3v) is 3.95. The van der Waals surface area contributed by atoms with Gasteiger partial charge in [-0.3, -0.25) is 0 Å². The van der Waals surface area contributed by atoms with Crippen LogP contribution in [-0.2, 0) is 11.2 Å².